The van der Waals surface area contributed by atoms with Gasteiger partial charge in [0.05, 0.1) is 19.1 Å². The largest absolute Gasteiger partial charge is 0.496 e. The molecule has 10 heteroatoms. The topological polar surface area (TPSA) is 120 Å². The van der Waals surface area contributed by atoms with E-state index in [1.165, 1.54) is 38.5 Å². The van der Waals surface area contributed by atoms with Crippen LogP contribution in [0, 0.1) is 0 Å². The summed E-state index contributed by atoms with van der Waals surface area (Å²) in [5, 5.41) is 10.4. The molecule has 26 heavy (non-hydrogen) atoms. The van der Waals surface area contributed by atoms with E-state index in [4.69, 9.17) is 26.8 Å². The third-order valence-corrected chi connectivity index (χ3v) is 4.46. The van der Waals surface area contributed by atoms with Gasteiger partial charge in [0.1, 0.15) is 17.1 Å². The van der Waals surface area contributed by atoms with Crippen molar-refractivity contribution in [3.8, 4) is 11.5 Å². The number of carbonyl (C=O) groups is 1. The summed E-state index contributed by atoms with van der Waals surface area (Å²) >= 11 is 5.11. The maximum atomic E-state index is 12.5. The number of rotatable bonds is 5. The normalized spacial score (nSPS) is 10.7. The molecule has 0 radical (unpaired) electrons. The summed E-state index contributed by atoms with van der Waals surface area (Å²) in [6.07, 6.45) is 0. The first kappa shape index (κ1) is 19.6. The van der Waals surface area contributed by atoms with Gasteiger partial charge in [0, 0.05) is 5.69 Å². The Morgan fingerprint density at radius 1 is 1.04 bits per heavy atom. The van der Waals surface area contributed by atoms with Gasteiger partial charge in [-0.05, 0) is 48.6 Å². The van der Waals surface area contributed by atoms with Crippen molar-refractivity contribution in [2.75, 3.05) is 19.5 Å². The van der Waals surface area contributed by atoms with Gasteiger partial charge in [-0.3, -0.25) is 10.1 Å². The second kappa shape index (κ2) is 8.13. The standard InChI is InChI=1S/C16H17N3O5S2/c1-23-12-4-3-5-13(24-2)14(12)15(20)19-16(25)18-10-6-8-11(9-7-10)26(17,21)22/h3-9H,1-2H3,(H2,17,21,22)(H2,18,19,20,25). The van der Waals surface area contributed by atoms with E-state index < -0.39 is 15.9 Å². The van der Waals surface area contributed by atoms with E-state index in [-0.39, 0.29) is 15.6 Å². The van der Waals surface area contributed by atoms with Crippen LogP contribution in [0.2, 0.25) is 0 Å². The average molecular weight is 395 g/mol. The smallest absolute Gasteiger partial charge is 0.264 e. The van der Waals surface area contributed by atoms with Gasteiger partial charge in [-0.1, -0.05) is 6.07 Å². The van der Waals surface area contributed by atoms with Gasteiger partial charge < -0.3 is 14.8 Å². The van der Waals surface area contributed by atoms with E-state index >= 15 is 0 Å². The first-order chi connectivity index (χ1) is 12.3. The summed E-state index contributed by atoms with van der Waals surface area (Å²) in [4.78, 5) is 12.5. The number of amides is 1. The van der Waals surface area contributed by atoms with E-state index in [0.29, 0.717) is 17.2 Å². The highest BCUT2D eigenvalue weighted by molar-refractivity contribution is 7.89. The van der Waals surface area contributed by atoms with Gasteiger partial charge in [-0.2, -0.15) is 0 Å². The molecule has 0 saturated carbocycles. The first-order valence-electron chi connectivity index (χ1n) is 7.22. The van der Waals surface area contributed by atoms with Crippen LogP contribution in [0.25, 0.3) is 0 Å². The SMILES string of the molecule is COc1cccc(OC)c1C(=O)NC(=S)Nc1ccc(S(N)(=O)=O)cc1. The van der Waals surface area contributed by atoms with Crippen LogP contribution in [0.3, 0.4) is 0 Å². The molecule has 0 aromatic heterocycles. The molecule has 0 spiro atoms. The molecule has 0 bridgehead atoms. The highest BCUT2D eigenvalue weighted by Gasteiger charge is 2.19. The lowest BCUT2D eigenvalue weighted by atomic mass is 10.1. The number of nitrogens with one attached hydrogen (secondary N) is 2. The molecule has 2 rings (SSSR count). The number of primary sulfonamides is 1. The van der Waals surface area contributed by atoms with Gasteiger partial charge in [-0.25, -0.2) is 13.6 Å². The molecule has 0 aliphatic carbocycles. The van der Waals surface area contributed by atoms with Gasteiger partial charge in [0.25, 0.3) is 5.91 Å². The van der Waals surface area contributed by atoms with Gasteiger partial charge in [-0.15, -0.1) is 0 Å². The quantitative estimate of drug-likeness (QED) is 0.656. The molecule has 0 atom stereocenters. The molecule has 0 aliphatic rings. The van der Waals surface area contributed by atoms with Crippen LogP contribution in [-0.2, 0) is 10.0 Å². The third-order valence-electron chi connectivity index (χ3n) is 3.32. The summed E-state index contributed by atoms with van der Waals surface area (Å²) in [5.74, 6) is 0.155. The lowest BCUT2D eigenvalue weighted by Crippen LogP contribution is -2.34. The fourth-order valence-corrected chi connectivity index (χ4v) is 2.86. The number of anilines is 1. The number of benzene rings is 2. The Labute approximate surface area is 156 Å². The zero-order valence-electron chi connectivity index (χ0n) is 14.0. The molecule has 0 aliphatic heterocycles. The van der Waals surface area contributed by atoms with Crippen molar-refractivity contribution < 1.29 is 22.7 Å². The second-order valence-electron chi connectivity index (χ2n) is 5.02. The average Bonchev–Trinajstić information content (AvgIpc) is 2.60. The molecule has 2 aromatic carbocycles. The van der Waals surface area contributed by atoms with Gasteiger partial charge >= 0.3 is 0 Å². The van der Waals surface area contributed by atoms with Crippen molar-refractivity contribution in [2.24, 2.45) is 5.14 Å². The monoisotopic (exact) mass is 395 g/mol. The first-order valence-corrected chi connectivity index (χ1v) is 9.18. The van der Waals surface area contributed by atoms with Crippen LogP contribution in [0.15, 0.2) is 47.4 Å². The summed E-state index contributed by atoms with van der Waals surface area (Å²) in [6, 6.07) is 10.5. The molecule has 0 fully saturated rings. The van der Waals surface area contributed by atoms with Crippen LogP contribution >= 0.6 is 12.2 Å². The van der Waals surface area contributed by atoms with Crippen molar-refractivity contribution in [3.63, 3.8) is 0 Å². The highest BCUT2D eigenvalue weighted by Crippen LogP contribution is 2.28. The van der Waals surface area contributed by atoms with Crippen LogP contribution in [0.5, 0.6) is 11.5 Å². The molecular weight excluding hydrogens is 378 g/mol. The van der Waals surface area contributed by atoms with Crippen molar-refractivity contribution in [2.45, 2.75) is 4.90 Å². The molecule has 1 amide bonds. The Morgan fingerprint density at radius 2 is 1.58 bits per heavy atom. The van der Waals surface area contributed by atoms with E-state index in [0.717, 1.165) is 0 Å². The maximum absolute atomic E-state index is 12.5. The molecule has 138 valence electrons. The van der Waals surface area contributed by atoms with Crippen molar-refractivity contribution in [3.05, 3.63) is 48.0 Å². The minimum atomic E-state index is -3.78. The predicted octanol–water partition coefficient (Wildman–Crippen LogP) is 1.48. The second-order valence-corrected chi connectivity index (χ2v) is 6.98. The highest BCUT2D eigenvalue weighted by atomic mass is 32.2. The number of nitrogens with two attached hydrogens (primary N) is 1. The van der Waals surface area contributed by atoms with E-state index in [2.05, 4.69) is 10.6 Å². The number of hydrogen-bond acceptors (Lipinski definition) is 6. The van der Waals surface area contributed by atoms with Crippen LogP contribution in [0.4, 0.5) is 5.69 Å². The van der Waals surface area contributed by atoms with Crippen molar-refractivity contribution >= 4 is 38.9 Å². The number of ether oxygens (including phenoxy) is 2. The Bertz CT molecular complexity index is 905. The number of thiocarbonyl (C=S) groups is 1. The number of methoxy groups -OCH3 is 2. The minimum absolute atomic E-state index is 0.0197. The summed E-state index contributed by atoms with van der Waals surface area (Å²) in [7, 11) is -0.897. The van der Waals surface area contributed by atoms with Crippen molar-refractivity contribution in [1.29, 1.82) is 0 Å². The molecule has 0 unspecified atom stereocenters. The summed E-state index contributed by atoms with van der Waals surface area (Å²) in [6.45, 7) is 0. The summed E-state index contributed by atoms with van der Waals surface area (Å²) < 4.78 is 32.8. The van der Waals surface area contributed by atoms with Gasteiger partial charge in [0.2, 0.25) is 10.0 Å². The molecule has 0 heterocycles. The Balaban J connectivity index is 2.12. The lowest BCUT2D eigenvalue weighted by Gasteiger charge is -2.14. The van der Waals surface area contributed by atoms with Crippen LogP contribution < -0.4 is 25.2 Å². The zero-order chi connectivity index (χ0) is 19.3. The summed E-state index contributed by atoms with van der Waals surface area (Å²) in [5.41, 5.74) is 0.681. The zero-order valence-corrected chi connectivity index (χ0v) is 15.6. The molecular formula is C16H17N3O5S2. The Kier molecular flexibility index (Phi) is 6.14. The Hall–Kier alpha value is -2.69. The van der Waals surface area contributed by atoms with E-state index in [1.807, 2.05) is 0 Å². The van der Waals surface area contributed by atoms with Crippen LogP contribution in [-0.4, -0.2) is 33.7 Å². The third kappa shape index (κ3) is 4.69. The van der Waals surface area contributed by atoms with Crippen molar-refractivity contribution in [1.82, 2.24) is 5.32 Å². The number of carbonyl (C=O) groups excluding carboxylic acids is 1. The molecule has 8 nitrogen and oxygen atoms in total. The van der Waals surface area contributed by atoms with E-state index in [9.17, 15) is 13.2 Å². The van der Waals surface area contributed by atoms with Crippen LogP contribution in [0.1, 0.15) is 10.4 Å². The predicted molar refractivity (Wildman–Crippen MR) is 101 cm³/mol. The lowest BCUT2D eigenvalue weighted by molar-refractivity contribution is 0.0971. The maximum Gasteiger partial charge on any atom is 0.264 e. The van der Waals surface area contributed by atoms with Gasteiger partial charge in [0.15, 0.2) is 5.11 Å². The fraction of sp³-hybridized carbons (Fsp3) is 0.125. The fourth-order valence-electron chi connectivity index (χ4n) is 2.13. The van der Waals surface area contributed by atoms with E-state index in [1.54, 1.807) is 18.2 Å². The molecule has 0 saturated heterocycles. The minimum Gasteiger partial charge on any atom is -0.496 e. The molecule has 2 aromatic rings. The number of hydrogen-bond donors (Lipinski definition) is 3. The Morgan fingerprint density at radius 3 is 2.04 bits per heavy atom. The molecule has 4 N–H and O–H groups in total. The number of sulfonamides is 1.